The molecule has 0 aliphatic rings. The van der Waals surface area contributed by atoms with Gasteiger partial charge in [0, 0.05) is 11.6 Å². The second kappa shape index (κ2) is 3.26. The summed E-state index contributed by atoms with van der Waals surface area (Å²) in [5, 5.41) is 13.1. The first-order chi connectivity index (χ1) is 5.95. The van der Waals surface area contributed by atoms with Gasteiger partial charge in [-0.2, -0.15) is 0 Å². The normalized spacial score (nSPS) is 10.0. The zero-order valence-corrected chi connectivity index (χ0v) is 6.81. The number of rotatable bonds is 3. The number of aromatic nitrogens is 5. The molecule has 0 fully saturated rings. The summed E-state index contributed by atoms with van der Waals surface area (Å²) in [6, 6.07) is 0. The van der Waals surface area contributed by atoms with E-state index in [1.165, 1.54) is 22.5 Å². The van der Waals surface area contributed by atoms with Crippen molar-refractivity contribution >= 4 is 11.3 Å². The molecule has 0 amide bonds. The van der Waals surface area contributed by atoms with Crippen LogP contribution in [0.2, 0.25) is 0 Å². The van der Waals surface area contributed by atoms with Crippen molar-refractivity contribution in [1.29, 1.82) is 0 Å². The Morgan fingerprint density at radius 2 is 2.58 bits per heavy atom. The summed E-state index contributed by atoms with van der Waals surface area (Å²) in [5.74, 6) is 0. The molecule has 0 aliphatic carbocycles. The highest BCUT2D eigenvalue weighted by Crippen LogP contribution is 2.02. The molecule has 12 heavy (non-hydrogen) atoms. The fourth-order valence-corrected chi connectivity index (χ4v) is 1.18. The molecule has 0 unspecified atom stereocenters. The van der Waals surface area contributed by atoms with Gasteiger partial charge < -0.3 is 4.84 Å². The van der Waals surface area contributed by atoms with Gasteiger partial charge in [-0.25, -0.2) is 4.98 Å². The van der Waals surface area contributed by atoms with Crippen LogP contribution in [0, 0.1) is 0 Å². The first-order valence-corrected chi connectivity index (χ1v) is 4.08. The molecule has 0 spiro atoms. The molecule has 0 aromatic carbocycles. The highest BCUT2D eigenvalue weighted by atomic mass is 32.1. The predicted octanol–water partition coefficient (Wildman–Crippen LogP) is -0.242. The summed E-state index contributed by atoms with van der Waals surface area (Å²) in [7, 11) is 0. The van der Waals surface area contributed by atoms with Gasteiger partial charge in [0.1, 0.15) is 5.01 Å². The molecule has 2 aromatic heterocycles. The van der Waals surface area contributed by atoms with Crippen LogP contribution < -0.4 is 4.84 Å². The van der Waals surface area contributed by atoms with Gasteiger partial charge in [0.25, 0.3) is 0 Å². The minimum absolute atomic E-state index is 0.392. The molecular formula is C5H5N5OS. The average Bonchev–Trinajstić information content (AvgIpc) is 2.74. The monoisotopic (exact) mass is 183 g/mol. The lowest BCUT2D eigenvalue weighted by atomic mass is 10.8. The lowest BCUT2D eigenvalue weighted by Crippen LogP contribution is -2.11. The van der Waals surface area contributed by atoms with E-state index in [2.05, 4.69) is 20.5 Å². The Bertz CT molecular complexity index is 283. The van der Waals surface area contributed by atoms with Gasteiger partial charge in [0.2, 0.25) is 0 Å². The predicted molar refractivity (Wildman–Crippen MR) is 40.2 cm³/mol. The molecule has 0 aliphatic heterocycles. The van der Waals surface area contributed by atoms with Crippen molar-refractivity contribution in [2.75, 3.05) is 0 Å². The molecule has 0 saturated carbocycles. The molecule has 0 radical (unpaired) electrons. The van der Waals surface area contributed by atoms with Crippen LogP contribution in [-0.2, 0) is 6.61 Å². The molecule has 7 heteroatoms. The Morgan fingerprint density at radius 3 is 3.25 bits per heavy atom. The summed E-state index contributed by atoms with van der Waals surface area (Å²) in [5.41, 5.74) is 0. The molecule has 62 valence electrons. The average molecular weight is 183 g/mol. The molecule has 0 bridgehead atoms. The second-order valence-corrected chi connectivity index (χ2v) is 2.89. The second-order valence-electron chi connectivity index (χ2n) is 1.91. The Labute approximate surface area is 71.8 Å². The number of hydrogen-bond donors (Lipinski definition) is 0. The number of hydrogen-bond acceptors (Lipinski definition) is 6. The fraction of sp³-hybridized carbons (Fsp3) is 0.200. The van der Waals surface area contributed by atoms with Crippen LogP contribution in [0.4, 0.5) is 0 Å². The van der Waals surface area contributed by atoms with E-state index in [1.54, 1.807) is 6.20 Å². The molecule has 0 atom stereocenters. The fourth-order valence-electron chi connectivity index (χ4n) is 0.658. The van der Waals surface area contributed by atoms with E-state index in [1.807, 2.05) is 5.38 Å². The van der Waals surface area contributed by atoms with Gasteiger partial charge in [0.05, 0.1) is 0 Å². The van der Waals surface area contributed by atoms with Crippen LogP contribution in [0.25, 0.3) is 0 Å². The van der Waals surface area contributed by atoms with E-state index < -0.39 is 0 Å². The summed E-state index contributed by atoms with van der Waals surface area (Å²) in [6.07, 6.45) is 3.11. The van der Waals surface area contributed by atoms with Crippen LogP contribution in [0.5, 0.6) is 0 Å². The summed E-state index contributed by atoms with van der Waals surface area (Å²) < 4.78 is 0. The highest BCUT2D eigenvalue weighted by molar-refractivity contribution is 7.09. The van der Waals surface area contributed by atoms with E-state index in [0.29, 0.717) is 6.61 Å². The van der Waals surface area contributed by atoms with E-state index >= 15 is 0 Å². The third-order valence-electron chi connectivity index (χ3n) is 1.13. The first-order valence-electron chi connectivity index (χ1n) is 3.20. The Morgan fingerprint density at radius 1 is 1.58 bits per heavy atom. The molecular weight excluding hydrogens is 178 g/mol. The maximum atomic E-state index is 5.12. The zero-order chi connectivity index (χ0) is 8.23. The number of tetrazole rings is 1. The van der Waals surface area contributed by atoms with Gasteiger partial charge in [-0.05, 0) is 10.4 Å². The summed E-state index contributed by atoms with van der Waals surface area (Å²) in [4.78, 5) is 10.3. The quantitative estimate of drug-likeness (QED) is 0.657. The van der Waals surface area contributed by atoms with E-state index in [9.17, 15) is 0 Å². The van der Waals surface area contributed by atoms with E-state index in [4.69, 9.17) is 4.84 Å². The standard InChI is InChI=1S/C5H5N5OS/c1-2-12-5(6-1)3-11-10-4-7-8-9-10/h1-2,4H,3H2. The Hall–Kier alpha value is -1.50. The van der Waals surface area contributed by atoms with Gasteiger partial charge in [0.15, 0.2) is 12.9 Å². The van der Waals surface area contributed by atoms with Crippen molar-refractivity contribution in [2.24, 2.45) is 0 Å². The third kappa shape index (κ3) is 1.56. The van der Waals surface area contributed by atoms with Gasteiger partial charge in [-0.15, -0.1) is 16.4 Å². The maximum Gasteiger partial charge on any atom is 0.179 e. The van der Waals surface area contributed by atoms with Crippen molar-refractivity contribution in [1.82, 2.24) is 25.4 Å². The molecule has 2 heterocycles. The number of thiazole rings is 1. The van der Waals surface area contributed by atoms with Crippen molar-refractivity contribution in [3.63, 3.8) is 0 Å². The van der Waals surface area contributed by atoms with Gasteiger partial charge in [-0.3, -0.25) is 0 Å². The minimum Gasteiger partial charge on any atom is -0.387 e. The van der Waals surface area contributed by atoms with Crippen molar-refractivity contribution in [3.8, 4) is 0 Å². The van der Waals surface area contributed by atoms with Gasteiger partial charge >= 0.3 is 0 Å². The van der Waals surface area contributed by atoms with E-state index in [0.717, 1.165) is 5.01 Å². The Balaban J connectivity index is 1.91. The molecule has 0 saturated heterocycles. The minimum atomic E-state index is 0.392. The third-order valence-corrected chi connectivity index (χ3v) is 1.89. The summed E-state index contributed by atoms with van der Waals surface area (Å²) >= 11 is 1.53. The number of nitrogens with zero attached hydrogens (tertiary/aromatic N) is 5. The van der Waals surface area contributed by atoms with Crippen molar-refractivity contribution < 1.29 is 4.84 Å². The van der Waals surface area contributed by atoms with Crippen LogP contribution in [-0.4, -0.2) is 25.4 Å². The maximum absolute atomic E-state index is 5.12. The molecule has 0 N–H and O–H groups in total. The first kappa shape index (κ1) is 7.17. The molecule has 6 nitrogen and oxygen atoms in total. The molecule has 2 rings (SSSR count). The lowest BCUT2D eigenvalue weighted by Gasteiger charge is -1.98. The largest absolute Gasteiger partial charge is 0.387 e. The Kier molecular flexibility index (Phi) is 1.95. The SMILES string of the molecule is c1csc(COn2cnnn2)n1. The topological polar surface area (TPSA) is 65.7 Å². The van der Waals surface area contributed by atoms with Crippen LogP contribution >= 0.6 is 11.3 Å². The summed E-state index contributed by atoms with van der Waals surface area (Å²) in [6.45, 7) is 0.392. The van der Waals surface area contributed by atoms with Crippen LogP contribution in [0.15, 0.2) is 17.9 Å². The molecule has 2 aromatic rings. The van der Waals surface area contributed by atoms with Crippen molar-refractivity contribution in [3.05, 3.63) is 22.9 Å². The van der Waals surface area contributed by atoms with Crippen molar-refractivity contribution in [2.45, 2.75) is 6.61 Å². The van der Waals surface area contributed by atoms with E-state index in [-0.39, 0.29) is 0 Å². The highest BCUT2D eigenvalue weighted by Gasteiger charge is 1.96. The lowest BCUT2D eigenvalue weighted by molar-refractivity contribution is 0.0657. The van der Waals surface area contributed by atoms with Crippen LogP contribution in [0.3, 0.4) is 0 Å². The zero-order valence-electron chi connectivity index (χ0n) is 5.99. The van der Waals surface area contributed by atoms with Crippen LogP contribution in [0.1, 0.15) is 5.01 Å². The smallest absolute Gasteiger partial charge is 0.179 e. The van der Waals surface area contributed by atoms with Gasteiger partial charge in [-0.1, -0.05) is 4.85 Å².